The first-order valence-corrected chi connectivity index (χ1v) is 4.34. The largest absolute Gasteiger partial charge is 0.469 e. The Hall–Kier alpha value is -1.75. The SMILES string of the molecule is COC(=O)CCCC(N=[N+]=[N-])C(=O)OC. The molecule has 7 heteroatoms. The Morgan fingerprint density at radius 3 is 2.53 bits per heavy atom. The topological polar surface area (TPSA) is 101 Å². The Morgan fingerprint density at radius 1 is 1.40 bits per heavy atom. The summed E-state index contributed by atoms with van der Waals surface area (Å²) < 4.78 is 8.85. The number of ether oxygens (including phenoxy) is 2. The van der Waals surface area contributed by atoms with Crippen LogP contribution in [0.5, 0.6) is 0 Å². The molecule has 0 fully saturated rings. The van der Waals surface area contributed by atoms with Crippen LogP contribution in [-0.4, -0.2) is 32.2 Å². The second kappa shape index (κ2) is 7.64. The molecule has 0 aromatic rings. The molecule has 0 spiro atoms. The number of carbonyl (C=O) groups is 2. The van der Waals surface area contributed by atoms with Gasteiger partial charge in [-0.2, -0.15) is 0 Å². The van der Waals surface area contributed by atoms with Crippen LogP contribution in [0.4, 0.5) is 0 Å². The van der Waals surface area contributed by atoms with Crippen molar-refractivity contribution >= 4 is 11.9 Å². The first-order chi connectivity index (χ1) is 7.15. The van der Waals surface area contributed by atoms with Gasteiger partial charge in [-0.05, 0) is 18.4 Å². The lowest BCUT2D eigenvalue weighted by molar-refractivity contribution is -0.143. The summed E-state index contributed by atoms with van der Waals surface area (Å²) in [6, 6.07) is -0.871. The van der Waals surface area contributed by atoms with Gasteiger partial charge >= 0.3 is 11.9 Å². The zero-order valence-electron chi connectivity index (χ0n) is 8.67. The van der Waals surface area contributed by atoms with E-state index in [1.165, 1.54) is 14.2 Å². The van der Waals surface area contributed by atoms with Gasteiger partial charge in [0.2, 0.25) is 0 Å². The van der Waals surface area contributed by atoms with Gasteiger partial charge in [-0.3, -0.25) is 9.59 Å². The molecule has 0 aromatic heterocycles. The molecule has 0 rings (SSSR count). The average Bonchev–Trinajstić information content (AvgIpc) is 2.26. The molecule has 1 atom stereocenters. The molecule has 0 bridgehead atoms. The van der Waals surface area contributed by atoms with E-state index in [1.807, 2.05) is 0 Å². The molecule has 0 saturated heterocycles. The van der Waals surface area contributed by atoms with Crippen LogP contribution in [-0.2, 0) is 19.1 Å². The molecule has 84 valence electrons. The summed E-state index contributed by atoms with van der Waals surface area (Å²) in [5.74, 6) is -0.961. The van der Waals surface area contributed by atoms with E-state index in [2.05, 4.69) is 19.5 Å². The van der Waals surface area contributed by atoms with Gasteiger partial charge in [-0.1, -0.05) is 5.11 Å². The van der Waals surface area contributed by atoms with Crippen molar-refractivity contribution in [3.8, 4) is 0 Å². The number of hydrogen-bond donors (Lipinski definition) is 0. The van der Waals surface area contributed by atoms with Crippen molar-refractivity contribution in [1.82, 2.24) is 0 Å². The van der Waals surface area contributed by atoms with Crippen molar-refractivity contribution in [2.45, 2.75) is 25.3 Å². The van der Waals surface area contributed by atoms with Gasteiger partial charge in [0.15, 0.2) is 0 Å². The van der Waals surface area contributed by atoms with Gasteiger partial charge in [0.1, 0.15) is 6.04 Å². The molecule has 0 saturated carbocycles. The van der Waals surface area contributed by atoms with Crippen LogP contribution < -0.4 is 0 Å². The van der Waals surface area contributed by atoms with Crippen LogP contribution >= 0.6 is 0 Å². The summed E-state index contributed by atoms with van der Waals surface area (Å²) in [6.45, 7) is 0. The number of carbonyl (C=O) groups excluding carboxylic acids is 2. The molecule has 0 aromatic carbocycles. The Balaban J connectivity index is 4.02. The van der Waals surface area contributed by atoms with Crippen molar-refractivity contribution in [3.63, 3.8) is 0 Å². The van der Waals surface area contributed by atoms with E-state index in [1.54, 1.807) is 0 Å². The summed E-state index contributed by atoms with van der Waals surface area (Å²) in [6.07, 6.45) is 0.863. The maximum atomic E-state index is 11.0. The lowest BCUT2D eigenvalue weighted by atomic mass is 10.1. The molecular formula is C8H13N3O4. The molecule has 1 unspecified atom stereocenters. The first-order valence-electron chi connectivity index (χ1n) is 4.34. The van der Waals surface area contributed by atoms with Gasteiger partial charge in [-0.15, -0.1) is 0 Å². The summed E-state index contributed by atoms with van der Waals surface area (Å²) >= 11 is 0. The standard InChI is InChI=1S/C8H13N3O4/c1-14-7(12)5-3-4-6(10-11-9)8(13)15-2/h6H,3-5H2,1-2H3. The Kier molecular flexibility index (Phi) is 6.74. The summed E-state index contributed by atoms with van der Waals surface area (Å²) in [5.41, 5.74) is 8.19. The van der Waals surface area contributed by atoms with Crippen LogP contribution in [0.15, 0.2) is 5.11 Å². The Labute approximate surface area is 87.0 Å². The minimum atomic E-state index is -0.871. The van der Waals surface area contributed by atoms with E-state index < -0.39 is 12.0 Å². The Bertz CT molecular complexity index is 273. The molecular weight excluding hydrogens is 202 g/mol. The van der Waals surface area contributed by atoms with Crippen LogP contribution in [0.3, 0.4) is 0 Å². The second-order valence-corrected chi connectivity index (χ2v) is 2.71. The molecule has 0 N–H and O–H groups in total. The van der Waals surface area contributed by atoms with Crippen LogP contribution in [0.2, 0.25) is 0 Å². The molecule has 7 nitrogen and oxygen atoms in total. The number of methoxy groups -OCH3 is 2. The Morgan fingerprint density at radius 2 is 2.07 bits per heavy atom. The first kappa shape index (κ1) is 13.2. The zero-order valence-corrected chi connectivity index (χ0v) is 8.67. The van der Waals surface area contributed by atoms with E-state index >= 15 is 0 Å². The summed E-state index contributed by atoms with van der Waals surface area (Å²) in [4.78, 5) is 24.3. The minimum absolute atomic E-state index is 0.185. The number of azide groups is 1. The highest BCUT2D eigenvalue weighted by molar-refractivity contribution is 5.75. The summed E-state index contributed by atoms with van der Waals surface area (Å²) in [7, 11) is 2.50. The third kappa shape index (κ3) is 5.53. The predicted molar refractivity (Wildman–Crippen MR) is 50.8 cm³/mol. The highest BCUT2D eigenvalue weighted by atomic mass is 16.5. The maximum absolute atomic E-state index is 11.0. The fraction of sp³-hybridized carbons (Fsp3) is 0.750. The van der Waals surface area contributed by atoms with E-state index in [9.17, 15) is 9.59 Å². The number of nitrogens with zero attached hydrogens (tertiary/aromatic N) is 3. The lowest BCUT2D eigenvalue weighted by Gasteiger charge is -2.07. The molecule has 0 amide bonds. The normalized spacial score (nSPS) is 11.1. The van der Waals surface area contributed by atoms with Gasteiger partial charge in [0, 0.05) is 11.3 Å². The minimum Gasteiger partial charge on any atom is -0.469 e. The third-order valence-electron chi connectivity index (χ3n) is 1.75. The van der Waals surface area contributed by atoms with Crippen molar-refractivity contribution in [2.75, 3.05) is 14.2 Å². The highest BCUT2D eigenvalue weighted by Gasteiger charge is 2.17. The fourth-order valence-corrected chi connectivity index (χ4v) is 0.963. The molecule has 15 heavy (non-hydrogen) atoms. The van der Waals surface area contributed by atoms with Crippen molar-refractivity contribution < 1.29 is 19.1 Å². The van der Waals surface area contributed by atoms with Gasteiger partial charge in [-0.25, -0.2) is 0 Å². The highest BCUT2D eigenvalue weighted by Crippen LogP contribution is 2.07. The van der Waals surface area contributed by atoms with Gasteiger partial charge < -0.3 is 9.47 Å². The number of hydrogen-bond acceptors (Lipinski definition) is 5. The zero-order chi connectivity index (χ0) is 11.7. The average molecular weight is 215 g/mol. The third-order valence-corrected chi connectivity index (χ3v) is 1.75. The van der Waals surface area contributed by atoms with Crippen LogP contribution in [0.25, 0.3) is 10.4 Å². The molecule has 0 aliphatic carbocycles. The van der Waals surface area contributed by atoms with Crippen molar-refractivity contribution in [2.24, 2.45) is 5.11 Å². The van der Waals surface area contributed by atoms with Gasteiger partial charge in [0.25, 0.3) is 0 Å². The van der Waals surface area contributed by atoms with Gasteiger partial charge in [0.05, 0.1) is 14.2 Å². The predicted octanol–water partition coefficient (Wildman–Crippen LogP) is 1.18. The smallest absolute Gasteiger partial charge is 0.314 e. The van der Waals surface area contributed by atoms with Crippen molar-refractivity contribution in [1.29, 1.82) is 0 Å². The van der Waals surface area contributed by atoms with E-state index in [0.717, 1.165) is 0 Å². The maximum Gasteiger partial charge on any atom is 0.314 e. The van der Waals surface area contributed by atoms with E-state index in [0.29, 0.717) is 6.42 Å². The van der Waals surface area contributed by atoms with E-state index in [4.69, 9.17) is 5.53 Å². The second-order valence-electron chi connectivity index (χ2n) is 2.71. The molecule has 0 heterocycles. The summed E-state index contributed by atoms with van der Waals surface area (Å²) in [5, 5.41) is 3.27. The van der Waals surface area contributed by atoms with Crippen molar-refractivity contribution in [3.05, 3.63) is 10.4 Å². The fourth-order valence-electron chi connectivity index (χ4n) is 0.963. The monoisotopic (exact) mass is 215 g/mol. The quantitative estimate of drug-likeness (QED) is 0.287. The molecule has 0 aliphatic rings. The molecule has 0 aliphatic heterocycles. The van der Waals surface area contributed by atoms with E-state index in [-0.39, 0.29) is 18.8 Å². The lowest BCUT2D eigenvalue weighted by Crippen LogP contribution is -2.19. The van der Waals surface area contributed by atoms with Crippen LogP contribution in [0.1, 0.15) is 19.3 Å². The number of rotatable bonds is 6. The number of esters is 2. The molecule has 0 radical (unpaired) electrons. The van der Waals surface area contributed by atoms with Crippen LogP contribution in [0, 0.1) is 0 Å².